The minimum atomic E-state index is -4.45. The first-order valence-electron chi connectivity index (χ1n) is 5.67. The molecule has 0 spiro atoms. The van der Waals surface area contributed by atoms with Gasteiger partial charge in [0.05, 0.1) is 17.2 Å². The molecule has 0 aliphatic rings. The Kier molecular flexibility index (Phi) is 5.37. The lowest BCUT2D eigenvalue weighted by atomic mass is 10.1. The van der Waals surface area contributed by atoms with E-state index >= 15 is 0 Å². The fraction of sp³-hybridized carbons (Fsp3) is 0.417. The van der Waals surface area contributed by atoms with Crippen molar-refractivity contribution in [1.82, 2.24) is 0 Å². The van der Waals surface area contributed by atoms with Crippen molar-refractivity contribution < 1.29 is 18.0 Å². The van der Waals surface area contributed by atoms with Crippen LogP contribution < -0.4 is 11.1 Å². The smallest absolute Gasteiger partial charge is 0.330 e. The van der Waals surface area contributed by atoms with Crippen LogP contribution in [0.5, 0.6) is 0 Å². The Hall–Kier alpha value is -1.08. The van der Waals surface area contributed by atoms with Crippen LogP contribution in [-0.4, -0.2) is 12.5 Å². The first kappa shape index (κ1) is 16.0. The molecule has 0 radical (unpaired) electrons. The molecular weight excluding hydrogens is 325 g/mol. The predicted molar refractivity (Wildman–Crippen MR) is 70.6 cm³/mol. The zero-order valence-corrected chi connectivity index (χ0v) is 11.8. The van der Waals surface area contributed by atoms with E-state index in [1.54, 1.807) is 6.92 Å². The van der Waals surface area contributed by atoms with Gasteiger partial charge < -0.3 is 11.1 Å². The quantitative estimate of drug-likeness (QED) is 0.884. The number of carbonyl (C=O) groups is 1. The number of rotatable bonds is 4. The van der Waals surface area contributed by atoms with Crippen LogP contribution in [0.1, 0.15) is 18.9 Å². The minimum absolute atomic E-state index is 0.0896. The number of amides is 1. The molecule has 3 nitrogen and oxygen atoms in total. The summed E-state index contributed by atoms with van der Waals surface area (Å²) in [4.78, 5) is 11.8. The Morgan fingerprint density at radius 1 is 1.47 bits per heavy atom. The molecule has 0 fully saturated rings. The average molecular weight is 339 g/mol. The van der Waals surface area contributed by atoms with E-state index in [1.165, 1.54) is 6.07 Å². The highest BCUT2D eigenvalue weighted by atomic mass is 79.9. The standard InChI is InChI=1S/C12H14BrF3N2O/c1-2-7(6-17)11(19)18-10-5-8(12(14,15)16)3-4-9(10)13/h3-5,7H,2,6,17H2,1H3,(H,18,19). The molecule has 0 saturated carbocycles. The van der Waals surface area contributed by atoms with E-state index in [9.17, 15) is 18.0 Å². The third-order valence-electron chi connectivity index (χ3n) is 2.70. The number of hydrogen-bond donors (Lipinski definition) is 2. The summed E-state index contributed by atoms with van der Waals surface area (Å²) < 4.78 is 38.1. The second-order valence-corrected chi connectivity index (χ2v) is 4.88. The summed E-state index contributed by atoms with van der Waals surface area (Å²) in [6.07, 6.45) is -3.92. The molecule has 1 aromatic carbocycles. The van der Waals surface area contributed by atoms with E-state index in [0.29, 0.717) is 10.9 Å². The van der Waals surface area contributed by atoms with Crippen LogP contribution in [0.25, 0.3) is 0 Å². The number of anilines is 1. The summed E-state index contributed by atoms with van der Waals surface area (Å²) >= 11 is 3.11. The Balaban J connectivity index is 2.98. The van der Waals surface area contributed by atoms with E-state index in [2.05, 4.69) is 21.2 Å². The van der Waals surface area contributed by atoms with Gasteiger partial charge in [0, 0.05) is 11.0 Å². The molecule has 3 N–H and O–H groups in total. The highest BCUT2D eigenvalue weighted by Gasteiger charge is 2.31. The number of nitrogens with one attached hydrogen (secondary N) is 1. The Bertz CT molecular complexity index is 459. The zero-order valence-electron chi connectivity index (χ0n) is 10.2. The molecule has 1 amide bonds. The van der Waals surface area contributed by atoms with Crippen molar-refractivity contribution in [3.63, 3.8) is 0 Å². The van der Waals surface area contributed by atoms with Gasteiger partial charge >= 0.3 is 6.18 Å². The normalized spacial score (nSPS) is 13.2. The largest absolute Gasteiger partial charge is 0.416 e. The van der Waals surface area contributed by atoms with Crippen molar-refractivity contribution in [2.75, 3.05) is 11.9 Å². The number of alkyl halides is 3. The monoisotopic (exact) mass is 338 g/mol. The van der Waals surface area contributed by atoms with Crippen LogP contribution in [0.2, 0.25) is 0 Å². The van der Waals surface area contributed by atoms with Gasteiger partial charge in [0.25, 0.3) is 0 Å². The van der Waals surface area contributed by atoms with E-state index in [-0.39, 0.29) is 18.1 Å². The van der Waals surface area contributed by atoms with Crippen LogP contribution in [-0.2, 0) is 11.0 Å². The topological polar surface area (TPSA) is 55.1 Å². The van der Waals surface area contributed by atoms with Gasteiger partial charge in [-0.2, -0.15) is 13.2 Å². The molecule has 0 bridgehead atoms. The Morgan fingerprint density at radius 3 is 2.58 bits per heavy atom. The second-order valence-electron chi connectivity index (χ2n) is 4.02. The molecule has 0 saturated heterocycles. The van der Waals surface area contributed by atoms with Crippen LogP contribution in [0, 0.1) is 5.92 Å². The molecule has 7 heteroatoms. The van der Waals surface area contributed by atoms with Gasteiger partial charge in [-0.3, -0.25) is 4.79 Å². The molecule has 19 heavy (non-hydrogen) atoms. The molecule has 1 aromatic rings. The third kappa shape index (κ3) is 4.21. The second kappa shape index (κ2) is 6.38. The highest BCUT2D eigenvalue weighted by molar-refractivity contribution is 9.10. The number of halogens is 4. The average Bonchev–Trinajstić information content (AvgIpc) is 2.32. The van der Waals surface area contributed by atoms with Crippen molar-refractivity contribution in [3.8, 4) is 0 Å². The minimum Gasteiger partial charge on any atom is -0.330 e. The molecule has 0 aliphatic heterocycles. The Morgan fingerprint density at radius 2 is 2.11 bits per heavy atom. The maximum Gasteiger partial charge on any atom is 0.416 e. The van der Waals surface area contributed by atoms with E-state index in [1.807, 2.05) is 0 Å². The summed E-state index contributed by atoms with van der Waals surface area (Å²) in [6, 6.07) is 3.09. The molecule has 106 valence electrons. The molecule has 1 unspecified atom stereocenters. The van der Waals surface area contributed by atoms with Crippen LogP contribution in [0.3, 0.4) is 0 Å². The molecular formula is C12H14BrF3N2O. The van der Waals surface area contributed by atoms with Crippen LogP contribution >= 0.6 is 15.9 Å². The third-order valence-corrected chi connectivity index (χ3v) is 3.39. The first-order valence-corrected chi connectivity index (χ1v) is 6.46. The number of carbonyl (C=O) groups excluding carboxylic acids is 1. The number of benzene rings is 1. The van der Waals surface area contributed by atoms with Gasteiger partial charge in [-0.15, -0.1) is 0 Å². The summed E-state index contributed by atoms with van der Waals surface area (Å²) in [6.45, 7) is 1.94. The summed E-state index contributed by atoms with van der Waals surface area (Å²) in [5.74, 6) is -0.800. The maximum absolute atomic E-state index is 12.6. The molecule has 0 aliphatic carbocycles. The SMILES string of the molecule is CCC(CN)C(=O)Nc1cc(C(F)(F)F)ccc1Br. The van der Waals surface area contributed by atoms with Gasteiger partial charge in [-0.1, -0.05) is 6.92 Å². The lowest BCUT2D eigenvalue weighted by Crippen LogP contribution is -2.28. The maximum atomic E-state index is 12.6. The summed E-state index contributed by atoms with van der Waals surface area (Å²) in [7, 11) is 0. The van der Waals surface area contributed by atoms with Gasteiger partial charge in [-0.05, 0) is 40.5 Å². The van der Waals surface area contributed by atoms with E-state index < -0.39 is 17.7 Å². The van der Waals surface area contributed by atoms with Crippen molar-refractivity contribution in [3.05, 3.63) is 28.2 Å². The lowest BCUT2D eigenvalue weighted by Gasteiger charge is -2.15. The van der Waals surface area contributed by atoms with Crippen molar-refractivity contribution in [2.45, 2.75) is 19.5 Å². The van der Waals surface area contributed by atoms with Crippen molar-refractivity contribution >= 4 is 27.5 Å². The lowest BCUT2D eigenvalue weighted by molar-refractivity contribution is -0.137. The first-order chi connectivity index (χ1) is 8.79. The Labute approximate surface area is 117 Å². The van der Waals surface area contributed by atoms with Crippen molar-refractivity contribution in [1.29, 1.82) is 0 Å². The molecule has 1 atom stereocenters. The molecule has 0 aromatic heterocycles. The van der Waals surface area contributed by atoms with Gasteiger partial charge in [0.2, 0.25) is 5.91 Å². The van der Waals surface area contributed by atoms with Gasteiger partial charge in [-0.25, -0.2) is 0 Å². The van der Waals surface area contributed by atoms with Crippen LogP contribution in [0.15, 0.2) is 22.7 Å². The van der Waals surface area contributed by atoms with E-state index in [4.69, 9.17) is 5.73 Å². The van der Waals surface area contributed by atoms with E-state index in [0.717, 1.165) is 12.1 Å². The van der Waals surface area contributed by atoms with Crippen molar-refractivity contribution in [2.24, 2.45) is 11.7 Å². The summed E-state index contributed by atoms with van der Waals surface area (Å²) in [5.41, 5.74) is 4.70. The summed E-state index contributed by atoms with van der Waals surface area (Å²) in [5, 5.41) is 2.46. The number of nitrogens with two attached hydrogens (primary N) is 1. The van der Waals surface area contributed by atoms with Gasteiger partial charge in [0.15, 0.2) is 0 Å². The van der Waals surface area contributed by atoms with Gasteiger partial charge in [0.1, 0.15) is 0 Å². The fourth-order valence-electron chi connectivity index (χ4n) is 1.49. The highest BCUT2D eigenvalue weighted by Crippen LogP contribution is 2.34. The molecule has 0 heterocycles. The zero-order chi connectivity index (χ0) is 14.6. The predicted octanol–water partition coefficient (Wildman–Crippen LogP) is 3.39. The van der Waals surface area contributed by atoms with Crippen LogP contribution in [0.4, 0.5) is 18.9 Å². The fourth-order valence-corrected chi connectivity index (χ4v) is 1.84. The number of hydrogen-bond acceptors (Lipinski definition) is 2. The molecule has 1 rings (SSSR count).